The lowest BCUT2D eigenvalue weighted by Crippen LogP contribution is -2.47. The minimum atomic E-state index is 0.0936. The molecule has 1 aromatic carbocycles. The van der Waals surface area contributed by atoms with Gasteiger partial charge >= 0.3 is 0 Å². The molecule has 0 bridgehead atoms. The summed E-state index contributed by atoms with van der Waals surface area (Å²) < 4.78 is 1.01. The van der Waals surface area contributed by atoms with E-state index in [2.05, 4.69) is 37.9 Å². The first kappa shape index (κ1) is 12.5. The van der Waals surface area contributed by atoms with Crippen molar-refractivity contribution in [2.24, 2.45) is 0 Å². The number of nitrogens with zero attached hydrogens (tertiary/aromatic N) is 2. The Morgan fingerprint density at radius 3 is 2.44 bits per heavy atom. The molecule has 1 aromatic rings. The zero-order valence-corrected chi connectivity index (χ0v) is 12.1. The molecule has 1 saturated heterocycles. The Hall–Kier alpha value is -0.580. The van der Waals surface area contributed by atoms with E-state index in [1.165, 1.54) is 31.6 Å². The third kappa shape index (κ3) is 2.56. The molecule has 0 aromatic heterocycles. The summed E-state index contributed by atoms with van der Waals surface area (Å²) in [7, 11) is 0. The van der Waals surface area contributed by atoms with Gasteiger partial charge in [0, 0.05) is 42.4 Å². The van der Waals surface area contributed by atoms with Crippen LogP contribution in [0, 0.1) is 0 Å². The number of benzene rings is 1. The van der Waals surface area contributed by atoms with Gasteiger partial charge in [-0.1, -0.05) is 22.0 Å². The molecule has 3 rings (SSSR count). The molecule has 18 heavy (non-hydrogen) atoms. The van der Waals surface area contributed by atoms with Crippen LogP contribution in [0.15, 0.2) is 22.7 Å². The fourth-order valence-corrected chi connectivity index (χ4v) is 3.14. The SMILES string of the molecule is OCc1ccc(N2CCN(C3CC3)CC2)cc1Br. The summed E-state index contributed by atoms with van der Waals surface area (Å²) in [5.41, 5.74) is 2.21. The summed E-state index contributed by atoms with van der Waals surface area (Å²) in [6.07, 6.45) is 2.80. The van der Waals surface area contributed by atoms with Gasteiger partial charge in [-0.2, -0.15) is 0 Å². The maximum absolute atomic E-state index is 9.17. The third-order valence-corrected chi connectivity index (χ3v) is 4.69. The summed E-state index contributed by atoms with van der Waals surface area (Å²) in [6.45, 7) is 4.69. The molecular formula is C14H19BrN2O. The first-order valence-electron chi connectivity index (χ1n) is 6.66. The second-order valence-corrected chi connectivity index (χ2v) is 6.04. The third-order valence-electron chi connectivity index (χ3n) is 3.95. The van der Waals surface area contributed by atoms with Gasteiger partial charge in [-0.25, -0.2) is 0 Å². The molecule has 0 radical (unpaired) electrons. The van der Waals surface area contributed by atoms with Crippen LogP contribution in [0.2, 0.25) is 0 Å². The molecule has 0 spiro atoms. The van der Waals surface area contributed by atoms with Crippen LogP contribution < -0.4 is 4.90 Å². The number of piperazine rings is 1. The number of halogens is 1. The van der Waals surface area contributed by atoms with E-state index < -0.39 is 0 Å². The molecule has 98 valence electrons. The average Bonchev–Trinajstić information content (AvgIpc) is 3.23. The molecule has 1 saturated carbocycles. The quantitative estimate of drug-likeness (QED) is 0.927. The fourth-order valence-electron chi connectivity index (χ4n) is 2.65. The first-order chi connectivity index (χ1) is 8.78. The Morgan fingerprint density at radius 1 is 1.17 bits per heavy atom. The Morgan fingerprint density at radius 2 is 1.89 bits per heavy atom. The standard InChI is InChI=1S/C14H19BrN2O/c15-14-9-13(2-1-11(14)10-18)17-7-5-16(6-8-17)12-3-4-12/h1-2,9,12,18H,3-8,10H2. The van der Waals surface area contributed by atoms with E-state index in [0.717, 1.165) is 29.2 Å². The van der Waals surface area contributed by atoms with Crippen molar-refractivity contribution in [2.45, 2.75) is 25.5 Å². The second kappa shape index (κ2) is 5.19. The van der Waals surface area contributed by atoms with Crippen LogP contribution in [-0.2, 0) is 6.61 Å². The van der Waals surface area contributed by atoms with Crippen LogP contribution in [0.1, 0.15) is 18.4 Å². The summed E-state index contributed by atoms with van der Waals surface area (Å²) in [5, 5.41) is 9.17. The van der Waals surface area contributed by atoms with Gasteiger partial charge in [-0.15, -0.1) is 0 Å². The smallest absolute Gasteiger partial charge is 0.0692 e. The van der Waals surface area contributed by atoms with E-state index in [0.29, 0.717) is 0 Å². The number of hydrogen-bond donors (Lipinski definition) is 1. The Balaban J connectivity index is 1.66. The van der Waals surface area contributed by atoms with Crippen LogP contribution in [0.25, 0.3) is 0 Å². The van der Waals surface area contributed by atoms with Gasteiger partial charge in [-0.3, -0.25) is 4.90 Å². The highest BCUT2D eigenvalue weighted by atomic mass is 79.9. The highest BCUT2D eigenvalue weighted by Crippen LogP contribution is 2.29. The zero-order chi connectivity index (χ0) is 12.5. The van der Waals surface area contributed by atoms with E-state index in [-0.39, 0.29) is 6.61 Å². The molecule has 1 aliphatic heterocycles. The first-order valence-corrected chi connectivity index (χ1v) is 7.45. The van der Waals surface area contributed by atoms with E-state index in [4.69, 9.17) is 0 Å². The van der Waals surface area contributed by atoms with Gasteiger partial charge in [-0.05, 0) is 30.5 Å². The van der Waals surface area contributed by atoms with Crippen molar-refractivity contribution in [3.8, 4) is 0 Å². The Kier molecular flexibility index (Phi) is 3.59. The van der Waals surface area contributed by atoms with Crippen molar-refractivity contribution in [1.29, 1.82) is 0 Å². The molecule has 1 N–H and O–H groups in total. The van der Waals surface area contributed by atoms with Gasteiger partial charge in [0.15, 0.2) is 0 Å². The number of rotatable bonds is 3. The van der Waals surface area contributed by atoms with Gasteiger partial charge in [0.1, 0.15) is 0 Å². The number of aliphatic hydroxyl groups is 1. The molecule has 0 amide bonds. The lowest BCUT2D eigenvalue weighted by molar-refractivity contribution is 0.248. The maximum Gasteiger partial charge on any atom is 0.0692 e. The fraction of sp³-hybridized carbons (Fsp3) is 0.571. The van der Waals surface area contributed by atoms with Crippen LogP contribution in [0.5, 0.6) is 0 Å². The molecular weight excluding hydrogens is 292 g/mol. The van der Waals surface area contributed by atoms with Gasteiger partial charge in [0.25, 0.3) is 0 Å². The summed E-state index contributed by atoms with van der Waals surface area (Å²) >= 11 is 3.52. The van der Waals surface area contributed by atoms with E-state index in [9.17, 15) is 5.11 Å². The number of anilines is 1. The van der Waals surface area contributed by atoms with E-state index in [1.807, 2.05) is 6.07 Å². The molecule has 2 fully saturated rings. The minimum absolute atomic E-state index is 0.0936. The normalized spacial score (nSPS) is 21.3. The topological polar surface area (TPSA) is 26.7 Å². The van der Waals surface area contributed by atoms with E-state index >= 15 is 0 Å². The maximum atomic E-state index is 9.17. The highest BCUT2D eigenvalue weighted by molar-refractivity contribution is 9.10. The van der Waals surface area contributed by atoms with Crippen LogP contribution in [-0.4, -0.2) is 42.2 Å². The number of hydrogen-bond acceptors (Lipinski definition) is 3. The van der Waals surface area contributed by atoms with Gasteiger partial charge in [0.2, 0.25) is 0 Å². The van der Waals surface area contributed by atoms with E-state index in [1.54, 1.807) is 0 Å². The number of aliphatic hydroxyl groups excluding tert-OH is 1. The monoisotopic (exact) mass is 310 g/mol. The Labute approximate surface area is 117 Å². The van der Waals surface area contributed by atoms with Crippen molar-refractivity contribution in [3.63, 3.8) is 0 Å². The van der Waals surface area contributed by atoms with Crippen LogP contribution >= 0.6 is 15.9 Å². The van der Waals surface area contributed by atoms with Crippen LogP contribution in [0.3, 0.4) is 0 Å². The molecule has 1 aliphatic carbocycles. The molecule has 1 heterocycles. The molecule has 0 atom stereocenters. The zero-order valence-electron chi connectivity index (χ0n) is 10.5. The predicted molar refractivity (Wildman–Crippen MR) is 76.9 cm³/mol. The molecule has 3 nitrogen and oxygen atoms in total. The second-order valence-electron chi connectivity index (χ2n) is 5.19. The van der Waals surface area contributed by atoms with Crippen molar-refractivity contribution in [3.05, 3.63) is 28.2 Å². The molecule has 2 aliphatic rings. The van der Waals surface area contributed by atoms with Gasteiger partial charge in [0.05, 0.1) is 6.61 Å². The van der Waals surface area contributed by atoms with Crippen LogP contribution in [0.4, 0.5) is 5.69 Å². The van der Waals surface area contributed by atoms with Crippen molar-refractivity contribution in [2.75, 3.05) is 31.1 Å². The summed E-state index contributed by atoms with van der Waals surface area (Å²) in [4.78, 5) is 5.05. The van der Waals surface area contributed by atoms with Crippen molar-refractivity contribution >= 4 is 21.6 Å². The van der Waals surface area contributed by atoms with Gasteiger partial charge < -0.3 is 10.0 Å². The lowest BCUT2D eigenvalue weighted by atomic mass is 10.2. The predicted octanol–water partition coefficient (Wildman–Crippen LogP) is 2.23. The largest absolute Gasteiger partial charge is 0.392 e. The van der Waals surface area contributed by atoms with Crippen molar-refractivity contribution < 1.29 is 5.11 Å². The summed E-state index contributed by atoms with van der Waals surface area (Å²) in [6, 6.07) is 7.13. The molecule has 0 unspecified atom stereocenters. The lowest BCUT2D eigenvalue weighted by Gasteiger charge is -2.36. The highest BCUT2D eigenvalue weighted by Gasteiger charge is 2.31. The minimum Gasteiger partial charge on any atom is -0.392 e. The summed E-state index contributed by atoms with van der Waals surface area (Å²) in [5.74, 6) is 0. The Bertz CT molecular complexity index is 426. The van der Waals surface area contributed by atoms with Crippen molar-refractivity contribution in [1.82, 2.24) is 4.90 Å². The average molecular weight is 311 g/mol. The molecule has 4 heteroatoms.